The van der Waals surface area contributed by atoms with Crippen LogP contribution in [0.2, 0.25) is 0 Å². The van der Waals surface area contributed by atoms with Crippen molar-refractivity contribution < 1.29 is 9.53 Å². The van der Waals surface area contributed by atoms with Gasteiger partial charge in [-0.15, -0.1) is 0 Å². The zero-order valence-electron chi connectivity index (χ0n) is 16.0. The molecule has 27 heavy (non-hydrogen) atoms. The van der Waals surface area contributed by atoms with Crippen LogP contribution < -0.4 is 16.4 Å². The van der Waals surface area contributed by atoms with Crippen molar-refractivity contribution in [3.8, 4) is 11.3 Å². The summed E-state index contributed by atoms with van der Waals surface area (Å²) in [6.07, 6.45) is 0. The zero-order valence-corrected chi connectivity index (χ0v) is 16.0. The van der Waals surface area contributed by atoms with Crippen LogP contribution in [0.15, 0.2) is 42.5 Å². The van der Waals surface area contributed by atoms with Crippen LogP contribution in [0.3, 0.4) is 0 Å². The molecule has 0 fully saturated rings. The fraction of sp³-hybridized carbons (Fsp3) is 0.238. The number of esters is 1. The van der Waals surface area contributed by atoms with Crippen LogP contribution in [0.1, 0.15) is 24.2 Å². The number of pyridine rings is 1. The molecule has 3 rings (SSSR count). The topological polar surface area (TPSA) is 94.5 Å². The van der Waals surface area contributed by atoms with E-state index in [2.05, 4.69) is 18.7 Å². The highest BCUT2D eigenvalue weighted by molar-refractivity contribution is 5.97. The van der Waals surface area contributed by atoms with Crippen molar-refractivity contribution in [3.05, 3.63) is 48.0 Å². The number of carbonyl (C=O) groups excluding carboxylic acids is 1. The first kappa shape index (κ1) is 18.5. The predicted octanol–water partition coefficient (Wildman–Crippen LogP) is 3.70. The van der Waals surface area contributed by atoms with Gasteiger partial charge in [0.2, 0.25) is 0 Å². The van der Waals surface area contributed by atoms with E-state index in [4.69, 9.17) is 21.2 Å². The molecule has 0 aliphatic rings. The van der Waals surface area contributed by atoms with Crippen molar-refractivity contribution in [3.63, 3.8) is 0 Å². The average molecular weight is 364 g/mol. The number of rotatable bonds is 4. The maximum absolute atomic E-state index is 11.9. The van der Waals surface area contributed by atoms with Crippen molar-refractivity contribution in [2.45, 2.75) is 19.9 Å². The van der Waals surface area contributed by atoms with Gasteiger partial charge in [0.05, 0.1) is 40.9 Å². The lowest BCUT2D eigenvalue weighted by molar-refractivity contribution is 0.0601. The third-order valence-electron chi connectivity index (χ3n) is 4.73. The minimum Gasteiger partial charge on any atom is -0.465 e. The predicted molar refractivity (Wildman–Crippen MR) is 111 cm³/mol. The Balaban J connectivity index is 2.25. The van der Waals surface area contributed by atoms with Gasteiger partial charge in [0, 0.05) is 24.0 Å². The van der Waals surface area contributed by atoms with Crippen LogP contribution in [0.25, 0.3) is 22.2 Å². The third kappa shape index (κ3) is 3.51. The molecule has 6 nitrogen and oxygen atoms in total. The number of nitrogens with zero attached hydrogens (tertiary/aromatic N) is 2. The quantitative estimate of drug-likeness (QED) is 0.541. The minimum absolute atomic E-state index is 0.262. The second-order valence-electron chi connectivity index (χ2n) is 6.80. The maximum Gasteiger partial charge on any atom is 0.337 e. The monoisotopic (exact) mass is 364 g/mol. The summed E-state index contributed by atoms with van der Waals surface area (Å²) in [7, 11) is 3.39. The van der Waals surface area contributed by atoms with Gasteiger partial charge in [0.15, 0.2) is 0 Å². The van der Waals surface area contributed by atoms with E-state index in [9.17, 15) is 4.79 Å². The van der Waals surface area contributed by atoms with Crippen molar-refractivity contribution in [2.75, 3.05) is 30.5 Å². The van der Waals surface area contributed by atoms with E-state index in [0.29, 0.717) is 16.9 Å². The number of benzene rings is 2. The van der Waals surface area contributed by atoms with Gasteiger partial charge in [0.1, 0.15) is 0 Å². The largest absolute Gasteiger partial charge is 0.465 e. The number of aromatic nitrogens is 1. The van der Waals surface area contributed by atoms with Crippen LogP contribution in [0, 0.1) is 0 Å². The first-order valence-corrected chi connectivity index (χ1v) is 8.73. The summed E-state index contributed by atoms with van der Waals surface area (Å²) < 4.78 is 4.82. The second-order valence-corrected chi connectivity index (χ2v) is 6.80. The molecule has 0 saturated carbocycles. The van der Waals surface area contributed by atoms with Gasteiger partial charge in [-0.3, -0.25) is 0 Å². The van der Waals surface area contributed by atoms with E-state index in [1.54, 1.807) is 18.2 Å². The minimum atomic E-state index is -0.369. The van der Waals surface area contributed by atoms with Crippen molar-refractivity contribution in [2.24, 2.45) is 0 Å². The number of methoxy groups -OCH3 is 1. The Morgan fingerprint density at radius 1 is 1.07 bits per heavy atom. The Kier molecular flexibility index (Phi) is 4.90. The summed E-state index contributed by atoms with van der Waals surface area (Å²) in [6, 6.07) is 13.2. The smallest absolute Gasteiger partial charge is 0.337 e. The van der Waals surface area contributed by atoms with E-state index in [0.717, 1.165) is 27.8 Å². The van der Waals surface area contributed by atoms with E-state index in [1.807, 2.05) is 31.3 Å². The molecule has 0 aliphatic carbocycles. The summed E-state index contributed by atoms with van der Waals surface area (Å²) in [4.78, 5) is 18.9. The number of hydrogen-bond acceptors (Lipinski definition) is 6. The van der Waals surface area contributed by atoms with Crippen molar-refractivity contribution >= 4 is 33.9 Å². The molecular weight excluding hydrogens is 340 g/mol. The van der Waals surface area contributed by atoms with Crippen molar-refractivity contribution in [1.29, 1.82) is 0 Å². The summed E-state index contributed by atoms with van der Waals surface area (Å²) in [5.74, 6) is -0.369. The Labute approximate surface area is 158 Å². The number of anilines is 3. The molecule has 3 aromatic rings. The Hall–Kier alpha value is -3.28. The number of carbonyl (C=O) groups is 1. The van der Waals surface area contributed by atoms with Crippen LogP contribution in [-0.2, 0) is 4.74 Å². The molecule has 0 radical (unpaired) electrons. The van der Waals surface area contributed by atoms with E-state index < -0.39 is 0 Å². The molecule has 1 heterocycles. The van der Waals surface area contributed by atoms with Gasteiger partial charge in [-0.2, -0.15) is 0 Å². The molecule has 0 atom stereocenters. The van der Waals surface area contributed by atoms with Gasteiger partial charge < -0.3 is 21.1 Å². The fourth-order valence-electron chi connectivity index (χ4n) is 2.89. The number of nitrogens with two attached hydrogens (primary N) is 2. The first-order chi connectivity index (χ1) is 12.8. The SMILES string of the molecule is COC(=O)c1ccc2nc(-c3ccc(N)c(N)c3)c(N(C)C(C)C)cc2c1. The van der Waals surface area contributed by atoms with E-state index in [-0.39, 0.29) is 12.0 Å². The lowest BCUT2D eigenvalue weighted by Gasteiger charge is -2.26. The normalized spacial score (nSPS) is 11.0. The molecule has 2 aromatic carbocycles. The average Bonchev–Trinajstić information content (AvgIpc) is 2.67. The Bertz CT molecular complexity index is 1010. The van der Waals surface area contributed by atoms with Crippen LogP contribution in [-0.4, -0.2) is 31.2 Å². The van der Waals surface area contributed by atoms with Gasteiger partial charge >= 0.3 is 5.97 Å². The molecule has 0 saturated heterocycles. The van der Waals surface area contributed by atoms with Gasteiger partial charge in [-0.1, -0.05) is 6.07 Å². The Morgan fingerprint density at radius 2 is 1.81 bits per heavy atom. The third-order valence-corrected chi connectivity index (χ3v) is 4.73. The summed E-state index contributed by atoms with van der Waals surface area (Å²) in [6.45, 7) is 4.21. The number of fused-ring (bicyclic) bond motifs is 1. The van der Waals surface area contributed by atoms with Crippen LogP contribution >= 0.6 is 0 Å². The zero-order chi connectivity index (χ0) is 19.7. The fourth-order valence-corrected chi connectivity index (χ4v) is 2.89. The molecule has 4 N–H and O–H groups in total. The Morgan fingerprint density at radius 3 is 2.44 bits per heavy atom. The molecular formula is C21H24N4O2. The first-order valence-electron chi connectivity index (χ1n) is 8.73. The highest BCUT2D eigenvalue weighted by Crippen LogP contribution is 2.35. The molecule has 140 valence electrons. The number of nitrogen functional groups attached to an aromatic ring is 2. The maximum atomic E-state index is 11.9. The van der Waals surface area contributed by atoms with E-state index >= 15 is 0 Å². The summed E-state index contributed by atoms with van der Waals surface area (Å²) in [5, 5.41) is 0.868. The van der Waals surface area contributed by atoms with Gasteiger partial charge in [0.25, 0.3) is 0 Å². The van der Waals surface area contributed by atoms with Crippen molar-refractivity contribution in [1.82, 2.24) is 4.98 Å². The number of ether oxygens (including phenoxy) is 1. The molecule has 0 spiro atoms. The number of hydrogen-bond donors (Lipinski definition) is 2. The summed E-state index contributed by atoms with van der Waals surface area (Å²) >= 11 is 0. The lowest BCUT2D eigenvalue weighted by Crippen LogP contribution is -2.26. The summed E-state index contributed by atoms with van der Waals surface area (Å²) in [5.41, 5.74) is 16.9. The van der Waals surface area contributed by atoms with E-state index in [1.165, 1.54) is 7.11 Å². The standard InChI is InChI=1S/C21H24N4O2/c1-12(2)25(3)19-11-15-9-14(21(26)27-4)6-8-18(15)24-20(19)13-5-7-16(22)17(23)10-13/h5-12H,22-23H2,1-4H3. The molecule has 0 bridgehead atoms. The molecule has 0 amide bonds. The van der Waals surface area contributed by atoms with Gasteiger partial charge in [-0.05, 0) is 50.2 Å². The van der Waals surface area contributed by atoms with Crippen LogP contribution in [0.5, 0.6) is 0 Å². The molecule has 0 unspecified atom stereocenters. The molecule has 6 heteroatoms. The lowest BCUT2D eigenvalue weighted by atomic mass is 10.0. The molecule has 0 aliphatic heterocycles. The van der Waals surface area contributed by atoms with Crippen LogP contribution in [0.4, 0.5) is 17.1 Å². The second kappa shape index (κ2) is 7.15. The highest BCUT2D eigenvalue weighted by atomic mass is 16.5. The van der Waals surface area contributed by atoms with Gasteiger partial charge in [-0.25, -0.2) is 9.78 Å². The highest BCUT2D eigenvalue weighted by Gasteiger charge is 2.17. The molecule has 1 aromatic heterocycles.